The molecule has 1 heterocycles. The predicted molar refractivity (Wildman–Crippen MR) is 78.6 cm³/mol. The lowest BCUT2D eigenvalue weighted by Crippen LogP contribution is -2.39. The predicted octanol–water partition coefficient (Wildman–Crippen LogP) is -0.263. The molecule has 0 saturated heterocycles. The van der Waals surface area contributed by atoms with Gasteiger partial charge in [0, 0.05) is 12.1 Å². The number of nitrogens with two attached hydrogens (primary N) is 1. The number of hydrogen-bond donors (Lipinski definition) is 3. The SMILES string of the molecule is CC(Sc1nnnn1CCNC(C)(C)C)C(=O)NC(N)=O. The van der Waals surface area contributed by atoms with Crippen LogP contribution in [0.25, 0.3) is 0 Å². The Morgan fingerprint density at radius 3 is 2.67 bits per heavy atom. The van der Waals surface area contributed by atoms with E-state index in [0.717, 1.165) is 11.8 Å². The number of carbonyl (C=O) groups excluding carboxylic acids is 2. The zero-order valence-electron chi connectivity index (χ0n) is 12.6. The maximum atomic E-state index is 11.6. The average molecular weight is 315 g/mol. The van der Waals surface area contributed by atoms with Crippen LogP contribution in [0.5, 0.6) is 0 Å². The van der Waals surface area contributed by atoms with Crippen LogP contribution in [0.1, 0.15) is 27.7 Å². The standard InChI is InChI=1S/C11H21N7O2S/c1-7(8(19)14-9(12)20)21-10-15-16-17-18(10)6-5-13-11(2,3)4/h7,13H,5-6H2,1-4H3,(H3,12,14,19,20). The lowest BCUT2D eigenvalue weighted by molar-refractivity contribution is -0.119. The van der Waals surface area contributed by atoms with Crippen LogP contribution in [-0.2, 0) is 11.3 Å². The summed E-state index contributed by atoms with van der Waals surface area (Å²) in [6.45, 7) is 9.13. The first-order valence-electron chi connectivity index (χ1n) is 6.47. The Bertz CT molecular complexity index is 497. The zero-order chi connectivity index (χ0) is 16.0. The van der Waals surface area contributed by atoms with Crippen LogP contribution < -0.4 is 16.4 Å². The number of imide groups is 1. The summed E-state index contributed by atoms with van der Waals surface area (Å²) in [6.07, 6.45) is 0. The quantitative estimate of drug-likeness (QED) is 0.617. The molecular formula is C11H21N7O2S. The van der Waals surface area contributed by atoms with E-state index in [4.69, 9.17) is 5.73 Å². The third kappa shape index (κ3) is 6.54. The topological polar surface area (TPSA) is 128 Å². The molecule has 0 aliphatic heterocycles. The molecule has 0 bridgehead atoms. The largest absolute Gasteiger partial charge is 0.351 e. The van der Waals surface area contributed by atoms with Crippen LogP contribution in [0, 0.1) is 0 Å². The lowest BCUT2D eigenvalue weighted by atomic mass is 10.1. The first-order valence-corrected chi connectivity index (χ1v) is 7.35. The number of thioether (sulfide) groups is 1. The highest BCUT2D eigenvalue weighted by Gasteiger charge is 2.19. The van der Waals surface area contributed by atoms with Crippen molar-refractivity contribution in [2.24, 2.45) is 5.73 Å². The van der Waals surface area contributed by atoms with Crippen LogP contribution in [0.15, 0.2) is 5.16 Å². The van der Waals surface area contributed by atoms with E-state index in [0.29, 0.717) is 18.2 Å². The van der Waals surface area contributed by atoms with Crippen LogP contribution in [0.2, 0.25) is 0 Å². The molecule has 1 aromatic rings. The molecule has 0 saturated carbocycles. The lowest BCUT2D eigenvalue weighted by Gasteiger charge is -2.20. The van der Waals surface area contributed by atoms with Crippen molar-refractivity contribution in [1.82, 2.24) is 30.8 Å². The summed E-state index contributed by atoms with van der Waals surface area (Å²) in [4.78, 5) is 22.3. The van der Waals surface area contributed by atoms with Crippen molar-refractivity contribution in [3.8, 4) is 0 Å². The third-order valence-electron chi connectivity index (χ3n) is 2.38. The minimum Gasteiger partial charge on any atom is -0.351 e. The molecule has 1 atom stereocenters. The molecule has 21 heavy (non-hydrogen) atoms. The molecule has 0 aliphatic carbocycles. The molecular weight excluding hydrogens is 294 g/mol. The van der Waals surface area contributed by atoms with Gasteiger partial charge in [0.1, 0.15) is 0 Å². The Morgan fingerprint density at radius 1 is 1.43 bits per heavy atom. The summed E-state index contributed by atoms with van der Waals surface area (Å²) < 4.78 is 1.61. The number of tetrazole rings is 1. The highest BCUT2D eigenvalue weighted by Crippen LogP contribution is 2.19. The highest BCUT2D eigenvalue weighted by atomic mass is 32.2. The minimum atomic E-state index is -0.874. The number of aromatic nitrogens is 4. The van der Waals surface area contributed by atoms with E-state index >= 15 is 0 Å². The van der Waals surface area contributed by atoms with Gasteiger partial charge in [-0.05, 0) is 38.1 Å². The molecule has 0 radical (unpaired) electrons. The van der Waals surface area contributed by atoms with E-state index < -0.39 is 17.2 Å². The number of primary amides is 1. The van der Waals surface area contributed by atoms with Gasteiger partial charge in [0.05, 0.1) is 11.8 Å². The van der Waals surface area contributed by atoms with Crippen LogP contribution in [-0.4, -0.2) is 49.5 Å². The van der Waals surface area contributed by atoms with Crippen LogP contribution >= 0.6 is 11.8 Å². The van der Waals surface area contributed by atoms with Crippen molar-refractivity contribution in [2.45, 2.75) is 50.2 Å². The van der Waals surface area contributed by atoms with Gasteiger partial charge in [0.25, 0.3) is 0 Å². The van der Waals surface area contributed by atoms with Gasteiger partial charge in [-0.1, -0.05) is 11.8 Å². The van der Waals surface area contributed by atoms with E-state index in [1.807, 2.05) is 5.32 Å². The first-order chi connectivity index (χ1) is 9.69. The van der Waals surface area contributed by atoms with Gasteiger partial charge < -0.3 is 11.1 Å². The fourth-order valence-electron chi connectivity index (χ4n) is 1.39. The van der Waals surface area contributed by atoms with Crippen molar-refractivity contribution >= 4 is 23.7 Å². The first kappa shape index (κ1) is 17.4. The summed E-state index contributed by atoms with van der Waals surface area (Å²) >= 11 is 1.16. The molecule has 0 fully saturated rings. The minimum absolute atomic E-state index is 0.00990. The van der Waals surface area contributed by atoms with E-state index in [1.54, 1.807) is 11.6 Å². The number of hydrogen-bond acceptors (Lipinski definition) is 7. The summed E-state index contributed by atoms with van der Waals surface area (Å²) in [7, 11) is 0. The van der Waals surface area contributed by atoms with Gasteiger partial charge in [-0.2, -0.15) is 0 Å². The van der Waals surface area contributed by atoms with Crippen LogP contribution in [0.3, 0.4) is 0 Å². The monoisotopic (exact) mass is 315 g/mol. The van der Waals surface area contributed by atoms with Gasteiger partial charge >= 0.3 is 6.03 Å². The van der Waals surface area contributed by atoms with Crippen molar-refractivity contribution in [3.05, 3.63) is 0 Å². The van der Waals surface area contributed by atoms with E-state index in [1.165, 1.54) is 0 Å². The summed E-state index contributed by atoms with van der Waals surface area (Å²) in [5.41, 5.74) is 4.92. The molecule has 1 rings (SSSR count). The van der Waals surface area contributed by atoms with Gasteiger partial charge in [0.2, 0.25) is 11.1 Å². The second-order valence-electron chi connectivity index (χ2n) is 5.47. The van der Waals surface area contributed by atoms with E-state index in [-0.39, 0.29) is 5.54 Å². The second-order valence-corrected chi connectivity index (χ2v) is 6.78. The number of nitrogens with zero attached hydrogens (tertiary/aromatic N) is 4. The smallest absolute Gasteiger partial charge is 0.318 e. The summed E-state index contributed by atoms with van der Waals surface area (Å²) in [5.74, 6) is -0.477. The number of amides is 3. The fourth-order valence-corrected chi connectivity index (χ4v) is 2.21. The molecule has 118 valence electrons. The molecule has 0 spiro atoms. The molecule has 1 unspecified atom stereocenters. The van der Waals surface area contributed by atoms with Crippen molar-refractivity contribution in [2.75, 3.05) is 6.54 Å². The van der Waals surface area contributed by atoms with Crippen LogP contribution in [0.4, 0.5) is 4.79 Å². The summed E-state index contributed by atoms with van der Waals surface area (Å²) in [6, 6.07) is -0.874. The average Bonchev–Trinajstić information content (AvgIpc) is 2.74. The number of carbonyl (C=O) groups is 2. The Hall–Kier alpha value is -1.68. The number of nitrogens with one attached hydrogen (secondary N) is 2. The normalized spacial score (nSPS) is 13.0. The van der Waals surface area contributed by atoms with Gasteiger partial charge in [-0.3, -0.25) is 10.1 Å². The van der Waals surface area contributed by atoms with Gasteiger partial charge in [-0.25, -0.2) is 9.48 Å². The van der Waals surface area contributed by atoms with Crippen molar-refractivity contribution in [1.29, 1.82) is 0 Å². The van der Waals surface area contributed by atoms with Crippen molar-refractivity contribution in [3.63, 3.8) is 0 Å². The molecule has 10 heteroatoms. The van der Waals surface area contributed by atoms with Crippen molar-refractivity contribution < 1.29 is 9.59 Å². The Morgan fingerprint density at radius 2 is 2.10 bits per heavy atom. The zero-order valence-corrected chi connectivity index (χ0v) is 13.4. The fraction of sp³-hybridized carbons (Fsp3) is 0.727. The maximum Gasteiger partial charge on any atom is 0.318 e. The molecule has 0 aromatic carbocycles. The Labute approximate surface area is 127 Å². The van der Waals surface area contributed by atoms with E-state index in [9.17, 15) is 9.59 Å². The highest BCUT2D eigenvalue weighted by molar-refractivity contribution is 8.00. The molecule has 0 aliphatic rings. The Balaban J connectivity index is 2.55. The molecule has 1 aromatic heterocycles. The Kier molecular flexibility index (Phi) is 6.09. The summed E-state index contributed by atoms with van der Waals surface area (Å²) in [5, 5.41) is 16.7. The van der Waals surface area contributed by atoms with Gasteiger partial charge in [-0.15, -0.1) is 5.10 Å². The number of urea groups is 1. The molecule has 4 N–H and O–H groups in total. The maximum absolute atomic E-state index is 11.6. The second kappa shape index (κ2) is 7.36. The van der Waals surface area contributed by atoms with E-state index in [2.05, 4.69) is 41.6 Å². The molecule has 9 nitrogen and oxygen atoms in total. The number of rotatable bonds is 6. The third-order valence-corrected chi connectivity index (χ3v) is 3.45. The van der Waals surface area contributed by atoms with Gasteiger partial charge in [0.15, 0.2) is 0 Å². The molecule has 3 amide bonds.